The molecule has 0 unspecified atom stereocenters. The van der Waals surface area contributed by atoms with E-state index in [1.807, 2.05) is 38.1 Å². The van der Waals surface area contributed by atoms with Crippen molar-refractivity contribution in [2.75, 3.05) is 19.0 Å². The second-order valence-electron chi connectivity index (χ2n) is 3.62. The Morgan fingerprint density at radius 3 is 2.44 bits per heavy atom. The maximum atomic E-state index is 11.2. The standard InChI is InChI=1S/C12H17NO3/c1-9(2)16-12(14)8-13-10-4-6-11(15-3)7-5-10/h4-7,9,13H,8H2,1-3H3. The molecule has 0 aliphatic rings. The van der Waals surface area contributed by atoms with Gasteiger partial charge < -0.3 is 14.8 Å². The summed E-state index contributed by atoms with van der Waals surface area (Å²) in [6.45, 7) is 3.82. The van der Waals surface area contributed by atoms with Crippen LogP contribution in [0.4, 0.5) is 5.69 Å². The maximum absolute atomic E-state index is 11.2. The molecule has 0 aliphatic heterocycles. The average Bonchev–Trinajstić information content (AvgIpc) is 2.26. The Morgan fingerprint density at radius 2 is 1.94 bits per heavy atom. The van der Waals surface area contributed by atoms with Gasteiger partial charge >= 0.3 is 5.97 Å². The number of nitrogens with one attached hydrogen (secondary N) is 1. The van der Waals surface area contributed by atoms with E-state index in [-0.39, 0.29) is 18.6 Å². The summed E-state index contributed by atoms with van der Waals surface area (Å²) in [7, 11) is 1.61. The molecular weight excluding hydrogens is 206 g/mol. The normalized spacial score (nSPS) is 10.0. The largest absolute Gasteiger partial charge is 0.497 e. The van der Waals surface area contributed by atoms with Crippen molar-refractivity contribution in [3.05, 3.63) is 24.3 Å². The molecule has 4 nitrogen and oxygen atoms in total. The molecule has 0 amide bonds. The number of hydrogen-bond acceptors (Lipinski definition) is 4. The van der Waals surface area contributed by atoms with Crippen LogP contribution in [0.1, 0.15) is 13.8 Å². The van der Waals surface area contributed by atoms with Crippen LogP contribution < -0.4 is 10.1 Å². The lowest BCUT2D eigenvalue weighted by molar-refractivity contribution is -0.145. The second kappa shape index (κ2) is 6.00. The zero-order valence-corrected chi connectivity index (χ0v) is 9.82. The van der Waals surface area contributed by atoms with E-state index >= 15 is 0 Å². The number of methoxy groups -OCH3 is 1. The van der Waals surface area contributed by atoms with Crippen LogP contribution in [0.25, 0.3) is 0 Å². The van der Waals surface area contributed by atoms with Gasteiger partial charge in [0.2, 0.25) is 0 Å². The molecule has 0 aliphatic carbocycles. The van der Waals surface area contributed by atoms with Crippen molar-refractivity contribution in [2.24, 2.45) is 0 Å². The molecule has 0 bridgehead atoms. The van der Waals surface area contributed by atoms with Crippen molar-refractivity contribution in [3.8, 4) is 5.75 Å². The molecule has 0 radical (unpaired) electrons. The highest BCUT2D eigenvalue weighted by Gasteiger charge is 2.04. The third-order valence-corrected chi connectivity index (χ3v) is 1.89. The molecule has 1 aromatic rings. The first-order chi connectivity index (χ1) is 7.61. The van der Waals surface area contributed by atoms with E-state index in [1.165, 1.54) is 0 Å². The Kier molecular flexibility index (Phi) is 4.64. The molecule has 1 N–H and O–H groups in total. The highest BCUT2D eigenvalue weighted by Crippen LogP contribution is 2.14. The minimum atomic E-state index is -0.259. The van der Waals surface area contributed by atoms with Gasteiger partial charge in [0.05, 0.1) is 13.2 Å². The van der Waals surface area contributed by atoms with Gasteiger partial charge in [0.25, 0.3) is 0 Å². The number of carbonyl (C=O) groups is 1. The third kappa shape index (κ3) is 4.21. The van der Waals surface area contributed by atoms with Crippen molar-refractivity contribution in [1.82, 2.24) is 0 Å². The van der Waals surface area contributed by atoms with Gasteiger partial charge in [-0.25, -0.2) is 0 Å². The Hall–Kier alpha value is -1.71. The average molecular weight is 223 g/mol. The number of benzene rings is 1. The van der Waals surface area contributed by atoms with Crippen LogP contribution in [0.15, 0.2) is 24.3 Å². The van der Waals surface area contributed by atoms with Gasteiger partial charge in [-0.05, 0) is 38.1 Å². The first-order valence-electron chi connectivity index (χ1n) is 5.19. The molecule has 0 atom stereocenters. The third-order valence-electron chi connectivity index (χ3n) is 1.89. The summed E-state index contributed by atoms with van der Waals surface area (Å²) in [5.74, 6) is 0.529. The molecule has 0 saturated heterocycles. The van der Waals surface area contributed by atoms with Gasteiger partial charge in [-0.2, -0.15) is 0 Å². The van der Waals surface area contributed by atoms with Crippen LogP contribution in [-0.2, 0) is 9.53 Å². The monoisotopic (exact) mass is 223 g/mol. The van der Waals surface area contributed by atoms with E-state index in [0.29, 0.717) is 0 Å². The van der Waals surface area contributed by atoms with Crippen molar-refractivity contribution in [1.29, 1.82) is 0 Å². The van der Waals surface area contributed by atoms with Crippen LogP contribution in [0.2, 0.25) is 0 Å². The molecule has 0 saturated carbocycles. The van der Waals surface area contributed by atoms with Gasteiger partial charge in [0.1, 0.15) is 12.3 Å². The molecule has 0 fully saturated rings. The van der Waals surface area contributed by atoms with Gasteiger partial charge in [0.15, 0.2) is 0 Å². The zero-order valence-electron chi connectivity index (χ0n) is 9.82. The summed E-state index contributed by atoms with van der Waals surface area (Å²) in [4.78, 5) is 11.2. The summed E-state index contributed by atoms with van der Waals surface area (Å²) in [6.07, 6.45) is -0.0785. The molecule has 4 heteroatoms. The molecule has 0 spiro atoms. The smallest absolute Gasteiger partial charge is 0.325 e. The first-order valence-corrected chi connectivity index (χ1v) is 5.19. The van der Waals surface area contributed by atoms with Crippen LogP contribution in [-0.4, -0.2) is 25.7 Å². The molecule has 16 heavy (non-hydrogen) atoms. The highest BCUT2D eigenvalue weighted by molar-refractivity contribution is 5.75. The van der Waals surface area contributed by atoms with Crippen molar-refractivity contribution in [3.63, 3.8) is 0 Å². The molecule has 1 rings (SSSR count). The number of carbonyl (C=O) groups excluding carboxylic acids is 1. The molecule has 0 heterocycles. The first kappa shape index (κ1) is 12.4. The summed E-state index contributed by atoms with van der Waals surface area (Å²) in [5.41, 5.74) is 0.863. The summed E-state index contributed by atoms with van der Waals surface area (Å²) in [5, 5.41) is 2.97. The van der Waals surface area contributed by atoms with Gasteiger partial charge in [-0.1, -0.05) is 0 Å². The Bertz CT molecular complexity index is 333. The van der Waals surface area contributed by atoms with Crippen LogP contribution in [0, 0.1) is 0 Å². The Balaban J connectivity index is 2.39. The quantitative estimate of drug-likeness (QED) is 0.776. The molecule has 1 aromatic carbocycles. The maximum Gasteiger partial charge on any atom is 0.325 e. The van der Waals surface area contributed by atoms with Crippen LogP contribution >= 0.6 is 0 Å². The Labute approximate surface area is 95.6 Å². The van der Waals surface area contributed by atoms with Crippen molar-refractivity contribution in [2.45, 2.75) is 20.0 Å². The van der Waals surface area contributed by atoms with Gasteiger partial charge in [-0.15, -0.1) is 0 Å². The van der Waals surface area contributed by atoms with E-state index in [9.17, 15) is 4.79 Å². The topological polar surface area (TPSA) is 47.6 Å². The lowest BCUT2D eigenvalue weighted by Gasteiger charge is -2.09. The fourth-order valence-electron chi connectivity index (χ4n) is 1.19. The van der Waals surface area contributed by atoms with Crippen LogP contribution in [0.3, 0.4) is 0 Å². The predicted octanol–water partition coefficient (Wildman–Crippen LogP) is 2.06. The van der Waals surface area contributed by atoms with Crippen molar-refractivity contribution >= 4 is 11.7 Å². The van der Waals surface area contributed by atoms with E-state index < -0.39 is 0 Å². The van der Waals surface area contributed by atoms with Gasteiger partial charge in [-0.3, -0.25) is 4.79 Å². The van der Waals surface area contributed by atoms with E-state index in [1.54, 1.807) is 7.11 Å². The van der Waals surface area contributed by atoms with Crippen LogP contribution in [0.5, 0.6) is 5.75 Å². The van der Waals surface area contributed by atoms with Gasteiger partial charge in [0, 0.05) is 5.69 Å². The Morgan fingerprint density at radius 1 is 1.31 bits per heavy atom. The lowest BCUT2D eigenvalue weighted by Crippen LogP contribution is -2.20. The number of anilines is 1. The van der Waals surface area contributed by atoms with E-state index in [0.717, 1.165) is 11.4 Å². The number of rotatable bonds is 5. The fraction of sp³-hybridized carbons (Fsp3) is 0.417. The second-order valence-corrected chi connectivity index (χ2v) is 3.62. The summed E-state index contributed by atoms with van der Waals surface area (Å²) < 4.78 is 10.0. The summed E-state index contributed by atoms with van der Waals surface area (Å²) >= 11 is 0. The minimum Gasteiger partial charge on any atom is -0.497 e. The minimum absolute atomic E-state index is 0.0785. The van der Waals surface area contributed by atoms with Crippen molar-refractivity contribution < 1.29 is 14.3 Å². The number of ether oxygens (including phenoxy) is 2. The zero-order chi connectivity index (χ0) is 12.0. The molecule has 88 valence electrons. The lowest BCUT2D eigenvalue weighted by atomic mass is 10.3. The number of esters is 1. The predicted molar refractivity (Wildman–Crippen MR) is 62.7 cm³/mol. The fourth-order valence-corrected chi connectivity index (χ4v) is 1.19. The van der Waals surface area contributed by atoms with E-state index in [2.05, 4.69) is 5.32 Å². The summed E-state index contributed by atoms with van der Waals surface area (Å²) in [6, 6.07) is 7.36. The number of hydrogen-bond donors (Lipinski definition) is 1. The molecular formula is C12H17NO3. The highest BCUT2D eigenvalue weighted by atomic mass is 16.5. The SMILES string of the molecule is COc1ccc(NCC(=O)OC(C)C)cc1. The molecule has 0 aromatic heterocycles. The van der Waals surface area contributed by atoms with E-state index in [4.69, 9.17) is 9.47 Å².